The van der Waals surface area contributed by atoms with Gasteiger partial charge in [-0.2, -0.15) is 0 Å². The van der Waals surface area contributed by atoms with Crippen molar-refractivity contribution in [3.05, 3.63) is 71.3 Å². The number of benzene rings is 2. The van der Waals surface area contributed by atoms with E-state index in [1.807, 2.05) is 18.2 Å². The third-order valence-electron chi connectivity index (χ3n) is 5.24. The maximum absolute atomic E-state index is 12.3. The average molecular weight is 336 g/mol. The van der Waals surface area contributed by atoms with Crippen LogP contribution in [0.25, 0.3) is 0 Å². The van der Waals surface area contributed by atoms with Gasteiger partial charge in [-0.05, 0) is 36.0 Å². The van der Waals surface area contributed by atoms with Crippen LogP contribution in [-0.2, 0) is 17.8 Å². The second kappa shape index (κ2) is 8.30. The van der Waals surface area contributed by atoms with Crippen LogP contribution in [-0.4, -0.2) is 29.9 Å². The van der Waals surface area contributed by atoms with Gasteiger partial charge >= 0.3 is 0 Å². The number of nitrogens with zero attached hydrogens (tertiary/aromatic N) is 1. The predicted octanol–water partition coefficient (Wildman–Crippen LogP) is 3.74. The zero-order valence-corrected chi connectivity index (χ0v) is 15.2. The molecule has 1 aliphatic rings. The van der Waals surface area contributed by atoms with E-state index in [1.54, 1.807) is 0 Å². The molecule has 0 spiro atoms. The minimum Gasteiger partial charge on any atom is -0.355 e. The van der Waals surface area contributed by atoms with Crippen molar-refractivity contribution in [1.82, 2.24) is 10.2 Å². The summed E-state index contributed by atoms with van der Waals surface area (Å²) >= 11 is 0. The summed E-state index contributed by atoms with van der Waals surface area (Å²) in [6.07, 6.45) is 1.64. The summed E-state index contributed by atoms with van der Waals surface area (Å²) in [7, 11) is 0. The SMILES string of the molecule is CC(CC(=O)NCC(C)N1CCc2ccccc2C1)c1ccccc1. The van der Waals surface area contributed by atoms with E-state index < -0.39 is 0 Å². The van der Waals surface area contributed by atoms with Crippen LogP contribution in [0.5, 0.6) is 0 Å². The zero-order chi connectivity index (χ0) is 17.6. The molecular formula is C22H28N2O. The van der Waals surface area contributed by atoms with E-state index in [0.717, 1.165) is 19.5 Å². The Kier molecular flexibility index (Phi) is 5.87. The topological polar surface area (TPSA) is 32.3 Å². The van der Waals surface area contributed by atoms with Crippen molar-refractivity contribution in [1.29, 1.82) is 0 Å². The van der Waals surface area contributed by atoms with Gasteiger partial charge in [-0.15, -0.1) is 0 Å². The largest absolute Gasteiger partial charge is 0.355 e. The predicted molar refractivity (Wildman–Crippen MR) is 103 cm³/mol. The Hall–Kier alpha value is -2.13. The highest BCUT2D eigenvalue weighted by Crippen LogP contribution is 2.20. The molecule has 2 aromatic carbocycles. The molecule has 0 radical (unpaired) electrons. The van der Waals surface area contributed by atoms with E-state index in [9.17, 15) is 4.79 Å². The fraction of sp³-hybridized carbons (Fsp3) is 0.409. The maximum Gasteiger partial charge on any atom is 0.220 e. The molecular weight excluding hydrogens is 308 g/mol. The number of carbonyl (C=O) groups excluding carboxylic acids is 1. The molecule has 132 valence electrons. The summed E-state index contributed by atoms with van der Waals surface area (Å²) < 4.78 is 0. The van der Waals surface area contributed by atoms with Crippen LogP contribution >= 0.6 is 0 Å². The first-order valence-corrected chi connectivity index (χ1v) is 9.26. The monoisotopic (exact) mass is 336 g/mol. The molecule has 2 aromatic rings. The average Bonchev–Trinajstić information content (AvgIpc) is 2.66. The lowest BCUT2D eigenvalue weighted by Gasteiger charge is -2.33. The van der Waals surface area contributed by atoms with Gasteiger partial charge in [0.05, 0.1) is 0 Å². The number of nitrogens with one attached hydrogen (secondary N) is 1. The summed E-state index contributed by atoms with van der Waals surface area (Å²) in [6, 6.07) is 19.3. The third kappa shape index (κ3) is 4.70. The number of fused-ring (bicyclic) bond motifs is 1. The molecule has 0 aromatic heterocycles. The molecule has 0 bridgehead atoms. The summed E-state index contributed by atoms with van der Waals surface area (Å²) in [6.45, 7) is 7.07. The Balaban J connectivity index is 1.46. The molecule has 1 N–H and O–H groups in total. The molecule has 0 aliphatic carbocycles. The second-order valence-electron chi connectivity index (χ2n) is 7.16. The van der Waals surface area contributed by atoms with E-state index in [2.05, 4.69) is 60.5 Å². The first kappa shape index (κ1) is 17.7. The van der Waals surface area contributed by atoms with Crippen LogP contribution in [0.4, 0.5) is 0 Å². The molecule has 0 saturated heterocycles. The molecule has 3 heteroatoms. The minimum atomic E-state index is 0.139. The molecule has 25 heavy (non-hydrogen) atoms. The van der Waals surface area contributed by atoms with Crippen molar-refractivity contribution in [2.75, 3.05) is 13.1 Å². The van der Waals surface area contributed by atoms with Gasteiger partial charge in [0.25, 0.3) is 0 Å². The Bertz CT molecular complexity index is 698. The van der Waals surface area contributed by atoms with Crippen molar-refractivity contribution in [2.24, 2.45) is 0 Å². The van der Waals surface area contributed by atoms with Gasteiger partial charge < -0.3 is 5.32 Å². The minimum absolute atomic E-state index is 0.139. The summed E-state index contributed by atoms with van der Waals surface area (Å²) in [5.41, 5.74) is 4.11. The molecule has 1 amide bonds. The van der Waals surface area contributed by atoms with Gasteiger partial charge in [-0.3, -0.25) is 9.69 Å². The third-order valence-corrected chi connectivity index (χ3v) is 5.24. The number of amides is 1. The van der Waals surface area contributed by atoms with E-state index >= 15 is 0 Å². The summed E-state index contributed by atoms with van der Waals surface area (Å²) in [5, 5.41) is 3.12. The van der Waals surface area contributed by atoms with E-state index in [1.165, 1.54) is 16.7 Å². The Morgan fingerprint density at radius 3 is 2.48 bits per heavy atom. The number of carbonyl (C=O) groups is 1. The lowest BCUT2D eigenvalue weighted by molar-refractivity contribution is -0.121. The van der Waals surface area contributed by atoms with Gasteiger partial charge in [0.1, 0.15) is 0 Å². The van der Waals surface area contributed by atoms with Gasteiger partial charge in [0.15, 0.2) is 0 Å². The fourth-order valence-electron chi connectivity index (χ4n) is 3.53. The zero-order valence-electron chi connectivity index (χ0n) is 15.2. The Morgan fingerprint density at radius 1 is 1.04 bits per heavy atom. The molecule has 0 saturated carbocycles. The van der Waals surface area contributed by atoms with Gasteiger partial charge in [-0.1, -0.05) is 61.5 Å². The second-order valence-corrected chi connectivity index (χ2v) is 7.16. The van der Waals surface area contributed by atoms with E-state index in [0.29, 0.717) is 19.0 Å². The van der Waals surface area contributed by atoms with Crippen molar-refractivity contribution >= 4 is 5.91 Å². The summed E-state index contributed by atoms with van der Waals surface area (Å²) in [4.78, 5) is 14.7. The number of hydrogen-bond donors (Lipinski definition) is 1. The molecule has 1 aliphatic heterocycles. The quantitative estimate of drug-likeness (QED) is 0.871. The molecule has 2 unspecified atom stereocenters. The highest BCUT2D eigenvalue weighted by Gasteiger charge is 2.21. The van der Waals surface area contributed by atoms with Gasteiger partial charge in [0.2, 0.25) is 5.91 Å². The molecule has 0 fully saturated rings. The van der Waals surface area contributed by atoms with E-state index in [-0.39, 0.29) is 11.8 Å². The van der Waals surface area contributed by atoms with Crippen LogP contribution < -0.4 is 5.32 Å². The van der Waals surface area contributed by atoms with Crippen LogP contribution in [0, 0.1) is 0 Å². The molecule has 3 rings (SSSR count). The highest BCUT2D eigenvalue weighted by molar-refractivity contribution is 5.76. The van der Waals surface area contributed by atoms with E-state index in [4.69, 9.17) is 0 Å². The highest BCUT2D eigenvalue weighted by atomic mass is 16.1. The van der Waals surface area contributed by atoms with Crippen molar-refractivity contribution in [2.45, 2.75) is 45.2 Å². The van der Waals surface area contributed by atoms with Crippen LogP contribution in [0.1, 0.15) is 42.9 Å². The first-order chi connectivity index (χ1) is 12.1. The van der Waals surface area contributed by atoms with Crippen molar-refractivity contribution < 1.29 is 4.79 Å². The van der Waals surface area contributed by atoms with Crippen molar-refractivity contribution in [3.63, 3.8) is 0 Å². The van der Waals surface area contributed by atoms with Crippen LogP contribution in [0.2, 0.25) is 0 Å². The lowest BCUT2D eigenvalue weighted by atomic mass is 9.97. The number of hydrogen-bond acceptors (Lipinski definition) is 2. The standard InChI is InChI=1S/C22H28N2O/c1-17(19-8-4-3-5-9-19)14-22(25)23-15-18(2)24-13-12-20-10-6-7-11-21(20)16-24/h3-11,17-18H,12-16H2,1-2H3,(H,23,25). The van der Waals surface area contributed by atoms with Crippen LogP contribution in [0.3, 0.4) is 0 Å². The Labute approximate surface area is 151 Å². The number of rotatable bonds is 6. The molecule has 1 heterocycles. The lowest BCUT2D eigenvalue weighted by Crippen LogP contribution is -2.44. The maximum atomic E-state index is 12.3. The first-order valence-electron chi connectivity index (χ1n) is 9.26. The smallest absolute Gasteiger partial charge is 0.220 e. The van der Waals surface area contributed by atoms with Gasteiger partial charge in [-0.25, -0.2) is 0 Å². The summed E-state index contributed by atoms with van der Waals surface area (Å²) in [5.74, 6) is 0.388. The van der Waals surface area contributed by atoms with Crippen LogP contribution in [0.15, 0.2) is 54.6 Å². The molecule has 2 atom stereocenters. The van der Waals surface area contributed by atoms with Crippen molar-refractivity contribution in [3.8, 4) is 0 Å². The Morgan fingerprint density at radius 2 is 1.72 bits per heavy atom. The van der Waals surface area contributed by atoms with Gasteiger partial charge in [0, 0.05) is 32.1 Å². The normalized spacial score (nSPS) is 16.7. The fourth-order valence-corrected chi connectivity index (χ4v) is 3.53. The molecule has 3 nitrogen and oxygen atoms in total.